The quantitative estimate of drug-likeness (QED) is 0.574. The van der Waals surface area contributed by atoms with Gasteiger partial charge in [0.1, 0.15) is 0 Å². The van der Waals surface area contributed by atoms with Gasteiger partial charge in [-0.15, -0.1) is 0 Å². The van der Waals surface area contributed by atoms with E-state index < -0.39 is 5.97 Å². The number of hydrogen-bond donors (Lipinski definition) is 2. The fraction of sp³-hybridized carbons (Fsp3) is 0.417. The molecule has 0 aliphatic heterocycles. The van der Waals surface area contributed by atoms with Gasteiger partial charge in [0, 0.05) is 19.9 Å². The molecule has 0 bridgehead atoms. The zero-order valence-corrected chi connectivity index (χ0v) is 11.6. The molecule has 0 saturated heterocycles. The van der Waals surface area contributed by atoms with Gasteiger partial charge in [-0.2, -0.15) is 0 Å². The molecular formula is C12H16N2O4S. The number of carboxylic acids is 1. The number of pyridine rings is 1. The van der Waals surface area contributed by atoms with Gasteiger partial charge in [-0.25, -0.2) is 9.78 Å². The normalized spacial score (nSPS) is 11.9. The molecule has 1 atom stereocenters. The molecule has 2 N–H and O–H groups in total. The van der Waals surface area contributed by atoms with Crippen LogP contribution in [-0.4, -0.2) is 47.5 Å². The van der Waals surface area contributed by atoms with E-state index in [0.717, 1.165) is 0 Å². The standard InChI is InChI=1S/C12H16N2O4S/c1-8(11(15)13-5-6-18-2)19-10-4-3-9(7-14-10)12(16)17/h3-4,7-8H,5-6H2,1-2H3,(H,13,15)(H,16,17). The minimum atomic E-state index is -1.02. The number of rotatable bonds is 7. The molecule has 104 valence electrons. The Morgan fingerprint density at radius 1 is 1.53 bits per heavy atom. The second kappa shape index (κ2) is 7.75. The number of aromatic carboxylic acids is 1. The summed E-state index contributed by atoms with van der Waals surface area (Å²) in [5.74, 6) is -1.12. The molecule has 7 heteroatoms. The van der Waals surface area contributed by atoms with Crippen molar-refractivity contribution in [2.75, 3.05) is 20.3 Å². The second-order valence-corrected chi connectivity index (χ2v) is 5.10. The molecule has 1 amide bonds. The summed E-state index contributed by atoms with van der Waals surface area (Å²) >= 11 is 1.27. The van der Waals surface area contributed by atoms with Gasteiger partial charge >= 0.3 is 5.97 Å². The molecule has 0 aliphatic carbocycles. The van der Waals surface area contributed by atoms with E-state index in [-0.39, 0.29) is 16.7 Å². The zero-order valence-electron chi connectivity index (χ0n) is 10.8. The minimum Gasteiger partial charge on any atom is -0.478 e. The third kappa shape index (κ3) is 5.27. The molecule has 0 saturated carbocycles. The predicted molar refractivity (Wildman–Crippen MR) is 71.4 cm³/mol. The molecule has 0 radical (unpaired) electrons. The van der Waals surface area contributed by atoms with Crippen LogP contribution < -0.4 is 5.32 Å². The van der Waals surface area contributed by atoms with Gasteiger partial charge in [0.15, 0.2) is 0 Å². The Morgan fingerprint density at radius 3 is 2.79 bits per heavy atom. The molecule has 6 nitrogen and oxygen atoms in total. The number of nitrogens with zero attached hydrogens (tertiary/aromatic N) is 1. The van der Waals surface area contributed by atoms with Crippen molar-refractivity contribution in [2.24, 2.45) is 0 Å². The first-order valence-electron chi connectivity index (χ1n) is 5.67. The number of nitrogens with one attached hydrogen (secondary N) is 1. The Kier molecular flexibility index (Phi) is 6.31. The van der Waals surface area contributed by atoms with E-state index in [1.165, 1.54) is 24.0 Å². The summed E-state index contributed by atoms with van der Waals surface area (Å²) in [6.45, 7) is 2.69. The van der Waals surface area contributed by atoms with Gasteiger partial charge in [0.05, 0.1) is 22.4 Å². The molecule has 19 heavy (non-hydrogen) atoms. The van der Waals surface area contributed by atoms with Gasteiger partial charge in [0.25, 0.3) is 0 Å². The molecule has 0 aromatic carbocycles. The largest absolute Gasteiger partial charge is 0.478 e. The molecule has 0 spiro atoms. The van der Waals surface area contributed by atoms with Crippen molar-refractivity contribution in [1.29, 1.82) is 0 Å². The molecule has 1 aromatic rings. The van der Waals surface area contributed by atoms with Crippen LogP contribution in [0.5, 0.6) is 0 Å². The monoisotopic (exact) mass is 284 g/mol. The van der Waals surface area contributed by atoms with Crippen molar-refractivity contribution in [3.05, 3.63) is 23.9 Å². The lowest BCUT2D eigenvalue weighted by atomic mass is 10.3. The van der Waals surface area contributed by atoms with E-state index in [9.17, 15) is 9.59 Å². The van der Waals surface area contributed by atoms with Crippen molar-refractivity contribution < 1.29 is 19.4 Å². The van der Waals surface area contributed by atoms with Crippen LogP contribution in [0.4, 0.5) is 0 Å². The van der Waals surface area contributed by atoms with E-state index >= 15 is 0 Å². The first kappa shape index (κ1) is 15.5. The highest BCUT2D eigenvalue weighted by molar-refractivity contribution is 8.00. The summed E-state index contributed by atoms with van der Waals surface area (Å²) in [5, 5.41) is 11.8. The maximum atomic E-state index is 11.7. The van der Waals surface area contributed by atoms with Crippen LogP contribution >= 0.6 is 11.8 Å². The van der Waals surface area contributed by atoms with E-state index in [1.807, 2.05) is 0 Å². The first-order valence-corrected chi connectivity index (χ1v) is 6.55. The van der Waals surface area contributed by atoms with Crippen LogP contribution in [0.1, 0.15) is 17.3 Å². The summed E-state index contributed by atoms with van der Waals surface area (Å²) in [6, 6.07) is 3.06. The molecule has 0 aliphatic rings. The Morgan fingerprint density at radius 2 is 2.26 bits per heavy atom. The lowest BCUT2D eigenvalue weighted by Crippen LogP contribution is -2.33. The average molecular weight is 284 g/mol. The van der Waals surface area contributed by atoms with Crippen molar-refractivity contribution >= 4 is 23.6 Å². The average Bonchev–Trinajstić information content (AvgIpc) is 2.39. The van der Waals surface area contributed by atoms with Crippen LogP contribution in [-0.2, 0) is 9.53 Å². The fourth-order valence-corrected chi connectivity index (χ4v) is 2.04. The third-order valence-electron chi connectivity index (χ3n) is 2.26. The van der Waals surface area contributed by atoms with E-state index in [1.54, 1.807) is 20.1 Å². The SMILES string of the molecule is COCCNC(=O)C(C)Sc1ccc(C(=O)O)cn1. The van der Waals surface area contributed by atoms with Gasteiger partial charge in [-0.1, -0.05) is 11.8 Å². The van der Waals surface area contributed by atoms with E-state index in [2.05, 4.69) is 10.3 Å². The number of carbonyl (C=O) groups excluding carboxylic acids is 1. The van der Waals surface area contributed by atoms with Gasteiger partial charge in [-0.3, -0.25) is 4.79 Å². The Hall–Kier alpha value is -1.60. The number of aromatic nitrogens is 1. The molecule has 1 unspecified atom stereocenters. The topological polar surface area (TPSA) is 88.5 Å². The van der Waals surface area contributed by atoms with Gasteiger partial charge in [-0.05, 0) is 19.1 Å². The molecular weight excluding hydrogens is 268 g/mol. The maximum absolute atomic E-state index is 11.7. The van der Waals surface area contributed by atoms with Crippen molar-refractivity contribution in [3.63, 3.8) is 0 Å². The Balaban J connectivity index is 2.49. The second-order valence-electron chi connectivity index (χ2n) is 3.73. The van der Waals surface area contributed by atoms with Gasteiger partial charge < -0.3 is 15.2 Å². The summed E-state index contributed by atoms with van der Waals surface area (Å²) in [5.41, 5.74) is 0.126. The highest BCUT2D eigenvalue weighted by atomic mass is 32.2. The zero-order chi connectivity index (χ0) is 14.3. The van der Waals surface area contributed by atoms with Crippen molar-refractivity contribution in [1.82, 2.24) is 10.3 Å². The summed E-state index contributed by atoms with van der Waals surface area (Å²) in [6.07, 6.45) is 1.28. The maximum Gasteiger partial charge on any atom is 0.337 e. The third-order valence-corrected chi connectivity index (χ3v) is 3.31. The minimum absolute atomic E-state index is 0.105. The van der Waals surface area contributed by atoms with Crippen LogP contribution in [0.15, 0.2) is 23.4 Å². The lowest BCUT2D eigenvalue weighted by Gasteiger charge is -2.11. The van der Waals surface area contributed by atoms with E-state index in [4.69, 9.17) is 9.84 Å². The molecule has 0 fully saturated rings. The van der Waals surface area contributed by atoms with Crippen LogP contribution in [0.25, 0.3) is 0 Å². The number of methoxy groups -OCH3 is 1. The number of ether oxygens (including phenoxy) is 1. The van der Waals surface area contributed by atoms with Gasteiger partial charge in [0.2, 0.25) is 5.91 Å². The summed E-state index contributed by atoms with van der Waals surface area (Å²) in [4.78, 5) is 26.4. The van der Waals surface area contributed by atoms with Crippen molar-refractivity contribution in [3.8, 4) is 0 Å². The predicted octanol–water partition coefficient (Wildman–Crippen LogP) is 1.02. The number of thioether (sulfide) groups is 1. The molecule has 1 heterocycles. The highest BCUT2D eigenvalue weighted by Gasteiger charge is 2.14. The van der Waals surface area contributed by atoms with E-state index in [0.29, 0.717) is 18.2 Å². The number of hydrogen-bond acceptors (Lipinski definition) is 5. The van der Waals surface area contributed by atoms with Crippen molar-refractivity contribution in [2.45, 2.75) is 17.2 Å². The van der Waals surface area contributed by atoms with Crippen LogP contribution in [0.3, 0.4) is 0 Å². The molecule has 1 rings (SSSR count). The summed E-state index contributed by atoms with van der Waals surface area (Å²) in [7, 11) is 1.57. The molecule has 1 aromatic heterocycles. The smallest absolute Gasteiger partial charge is 0.337 e. The van der Waals surface area contributed by atoms with Crippen LogP contribution in [0.2, 0.25) is 0 Å². The number of carboxylic acid groups (broad SMARTS) is 1. The lowest BCUT2D eigenvalue weighted by molar-refractivity contribution is -0.120. The Labute approximate surface area is 115 Å². The Bertz CT molecular complexity index is 436. The fourth-order valence-electron chi connectivity index (χ4n) is 1.23. The number of carbonyl (C=O) groups is 2. The first-order chi connectivity index (χ1) is 9.04. The number of amides is 1. The highest BCUT2D eigenvalue weighted by Crippen LogP contribution is 2.21. The summed E-state index contributed by atoms with van der Waals surface area (Å²) < 4.78 is 4.84. The van der Waals surface area contributed by atoms with Crippen LogP contribution in [0, 0.1) is 0 Å².